The average molecular weight is 369 g/mol. The molecule has 0 atom stereocenters. The summed E-state index contributed by atoms with van der Waals surface area (Å²) in [6.07, 6.45) is 0.573. The number of aromatic nitrogens is 1. The number of hydrogen-bond donors (Lipinski definition) is 1. The number of nitrogens with zero attached hydrogens (tertiary/aromatic N) is 1. The average Bonchev–Trinajstić information content (AvgIpc) is 2.57. The van der Waals surface area contributed by atoms with Gasteiger partial charge in [-0.1, -0.05) is 0 Å². The van der Waals surface area contributed by atoms with Crippen LogP contribution in [0.3, 0.4) is 0 Å². The van der Waals surface area contributed by atoms with Gasteiger partial charge in [0.15, 0.2) is 17.5 Å². The summed E-state index contributed by atoms with van der Waals surface area (Å²) >= 11 is 0. The first kappa shape index (κ1) is 17.6. The number of carboxylic acid groups (broad SMARTS) is 1. The second-order valence-corrected chi connectivity index (χ2v) is 5.43. The van der Waals surface area contributed by atoms with Gasteiger partial charge in [0, 0.05) is 17.8 Å². The predicted molar refractivity (Wildman–Crippen MR) is 81.0 cm³/mol. The van der Waals surface area contributed by atoms with Gasteiger partial charge in [0.2, 0.25) is 5.43 Å². The molecule has 0 spiro atoms. The Balaban J connectivity index is 2.64. The number of halogens is 5. The largest absolute Gasteiger partial charge is 0.477 e. The van der Waals surface area contributed by atoms with Crippen molar-refractivity contribution in [2.45, 2.75) is 6.92 Å². The SMILES string of the molecule is Cc1c(F)c(F)c(F)c2c1c(=O)c(C(=O)O)cn2-c1ccc(F)cc1F. The molecule has 0 saturated heterocycles. The van der Waals surface area contributed by atoms with Crippen molar-refractivity contribution in [2.24, 2.45) is 0 Å². The predicted octanol–water partition coefficient (Wildman–Crippen LogP) is 3.69. The van der Waals surface area contributed by atoms with Gasteiger partial charge >= 0.3 is 5.97 Å². The lowest BCUT2D eigenvalue weighted by Crippen LogP contribution is -2.21. The highest BCUT2D eigenvalue weighted by Gasteiger charge is 2.26. The van der Waals surface area contributed by atoms with Gasteiger partial charge in [0.05, 0.1) is 16.6 Å². The van der Waals surface area contributed by atoms with E-state index >= 15 is 0 Å². The Hall–Kier alpha value is -3.23. The highest BCUT2D eigenvalue weighted by molar-refractivity contribution is 5.94. The summed E-state index contributed by atoms with van der Waals surface area (Å²) in [5, 5.41) is 8.41. The van der Waals surface area contributed by atoms with Gasteiger partial charge in [-0.2, -0.15) is 0 Å². The fraction of sp³-hybridized carbons (Fsp3) is 0.0588. The van der Waals surface area contributed by atoms with Gasteiger partial charge in [-0.15, -0.1) is 0 Å². The minimum absolute atomic E-state index is 0.435. The summed E-state index contributed by atoms with van der Waals surface area (Å²) in [4.78, 5) is 23.6. The zero-order valence-electron chi connectivity index (χ0n) is 12.9. The van der Waals surface area contributed by atoms with Gasteiger partial charge in [-0.05, 0) is 19.1 Å². The molecule has 0 unspecified atom stereocenters. The lowest BCUT2D eigenvalue weighted by molar-refractivity contribution is 0.0695. The fourth-order valence-corrected chi connectivity index (χ4v) is 2.67. The molecule has 0 aliphatic heterocycles. The summed E-state index contributed by atoms with van der Waals surface area (Å²) in [5.41, 5.74) is -4.23. The van der Waals surface area contributed by atoms with Gasteiger partial charge < -0.3 is 9.67 Å². The number of carboxylic acids is 1. The molecule has 9 heteroatoms. The van der Waals surface area contributed by atoms with Gasteiger partial charge in [0.25, 0.3) is 0 Å². The van der Waals surface area contributed by atoms with Crippen LogP contribution in [0, 0.1) is 36.0 Å². The molecule has 1 aromatic heterocycles. The normalized spacial score (nSPS) is 11.2. The number of aromatic carboxylic acids is 1. The number of aryl methyl sites for hydroxylation is 1. The van der Waals surface area contributed by atoms with E-state index in [0.29, 0.717) is 16.8 Å². The van der Waals surface area contributed by atoms with Gasteiger partial charge in [-0.3, -0.25) is 4.79 Å². The maximum Gasteiger partial charge on any atom is 0.341 e. The quantitative estimate of drug-likeness (QED) is 0.554. The second kappa shape index (κ2) is 5.94. The van der Waals surface area contributed by atoms with Crippen molar-refractivity contribution < 1.29 is 31.9 Å². The number of carbonyl (C=O) groups is 1. The molecule has 26 heavy (non-hydrogen) atoms. The zero-order chi connectivity index (χ0) is 19.3. The number of hydrogen-bond acceptors (Lipinski definition) is 2. The van der Waals surface area contributed by atoms with Crippen LogP contribution in [0.15, 0.2) is 29.2 Å². The van der Waals surface area contributed by atoms with Gasteiger partial charge in [-0.25, -0.2) is 26.7 Å². The molecule has 134 valence electrons. The molecule has 1 heterocycles. The maximum atomic E-state index is 14.4. The Morgan fingerprint density at radius 3 is 2.27 bits per heavy atom. The number of fused-ring (bicyclic) bond motifs is 1. The Bertz CT molecular complexity index is 1150. The highest BCUT2D eigenvalue weighted by Crippen LogP contribution is 2.29. The molecule has 3 rings (SSSR count). The summed E-state index contributed by atoms with van der Waals surface area (Å²) < 4.78 is 69.9. The van der Waals surface area contributed by atoms with Crippen molar-refractivity contribution in [1.29, 1.82) is 0 Å². The molecule has 0 bridgehead atoms. The summed E-state index contributed by atoms with van der Waals surface area (Å²) in [6.45, 7) is 0.957. The molecule has 0 saturated carbocycles. The van der Waals surface area contributed by atoms with E-state index in [4.69, 9.17) is 5.11 Å². The monoisotopic (exact) mass is 369 g/mol. The van der Waals surface area contributed by atoms with Crippen LogP contribution in [0.25, 0.3) is 16.6 Å². The first-order chi connectivity index (χ1) is 12.1. The first-order valence-electron chi connectivity index (χ1n) is 7.06. The third kappa shape index (κ3) is 2.43. The lowest BCUT2D eigenvalue weighted by Gasteiger charge is -2.16. The van der Waals surface area contributed by atoms with E-state index in [-0.39, 0.29) is 0 Å². The molecule has 0 aliphatic carbocycles. The Kier molecular flexibility index (Phi) is 4.02. The van der Waals surface area contributed by atoms with Crippen molar-refractivity contribution >= 4 is 16.9 Å². The van der Waals surface area contributed by atoms with E-state index in [9.17, 15) is 31.5 Å². The van der Waals surface area contributed by atoms with Crippen LogP contribution in [-0.2, 0) is 0 Å². The molecular formula is C17H8F5NO3. The third-order valence-corrected chi connectivity index (χ3v) is 3.90. The molecule has 3 aromatic rings. The molecule has 0 fully saturated rings. The molecule has 1 N–H and O–H groups in total. The van der Waals surface area contributed by atoms with Crippen molar-refractivity contribution in [2.75, 3.05) is 0 Å². The van der Waals surface area contributed by atoms with Crippen LogP contribution in [0.5, 0.6) is 0 Å². The van der Waals surface area contributed by atoms with E-state index in [1.807, 2.05) is 0 Å². The van der Waals surface area contributed by atoms with E-state index in [0.717, 1.165) is 19.1 Å². The Morgan fingerprint density at radius 1 is 1.04 bits per heavy atom. The smallest absolute Gasteiger partial charge is 0.341 e. The fourth-order valence-electron chi connectivity index (χ4n) is 2.67. The molecule has 0 amide bonds. The van der Waals surface area contributed by atoms with Crippen molar-refractivity contribution in [3.8, 4) is 5.69 Å². The van der Waals surface area contributed by atoms with Crippen LogP contribution < -0.4 is 5.43 Å². The topological polar surface area (TPSA) is 59.3 Å². The maximum absolute atomic E-state index is 14.4. The molecule has 0 aliphatic rings. The number of rotatable bonds is 2. The summed E-state index contributed by atoms with van der Waals surface area (Å²) in [5.74, 6) is -9.31. The summed E-state index contributed by atoms with van der Waals surface area (Å²) in [7, 11) is 0. The van der Waals surface area contributed by atoms with Crippen LogP contribution in [0.1, 0.15) is 15.9 Å². The van der Waals surface area contributed by atoms with Crippen molar-refractivity contribution in [3.05, 3.63) is 74.8 Å². The van der Waals surface area contributed by atoms with Crippen LogP contribution in [-0.4, -0.2) is 15.6 Å². The molecule has 0 radical (unpaired) electrons. The number of benzene rings is 2. The number of pyridine rings is 1. The van der Waals surface area contributed by atoms with E-state index in [2.05, 4.69) is 0 Å². The lowest BCUT2D eigenvalue weighted by atomic mass is 10.0. The van der Waals surface area contributed by atoms with Crippen molar-refractivity contribution in [3.63, 3.8) is 0 Å². The molecule has 4 nitrogen and oxygen atoms in total. The summed E-state index contributed by atoms with van der Waals surface area (Å²) in [6, 6.07) is 2.08. The standard InChI is InChI=1S/C17H8F5NO3/c1-6-11-15(14(22)13(21)12(6)20)23(5-8(16(11)24)17(25)26)10-3-2-7(18)4-9(10)19/h2-5H,1H3,(H,25,26). The third-order valence-electron chi connectivity index (χ3n) is 3.90. The van der Waals surface area contributed by atoms with Crippen LogP contribution in [0.4, 0.5) is 22.0 Å². The van der Waals surface area contributed by atoms with Crippen LogP contribution in [0.2, 0.25) is 0 Å². The first-order valence-corrected chi connectivity index (χ1v) is 7.06. The highest BCUT2D eigenvalue weighted by atomic mass is 19.2. The second-order valence-electron chi connectivity index (χ2n) is 5.43. The Morgan fingerprint density at radius 2 is 1.69 bits per heavy atom. The Labute approximate surface area is 141 Å². The minimum atomic E-state index is -1.91. The minimum Gasteiger partial charge on any atom is -0.477 e. The van der Waals surface area contributed by atoms with Crippen LogP contribution >= 0.6 is 0 Å². The van der Waals surface area contributed by atoms with E-state index in [1.54, 1.807) is 0 Å². The molecular weight excluding hydrogens is 361 g/mol. The van der Waals surface area contributed by atoms with E-state index in [1.165, 1.54) is 0 Å². The van der Waals surface area contributed by atoms with Crippen molar-refractivity contribution in [1.82, 2.24) is 4.57 Å². The zero-order valence-corrected chi connectivity index (χ0v) is 12.9. The van der Waals surface area contributed by atoms with E-state index < -0.39 is 68.2 Å². The van der Waals surface area contributed by atoms with Gasteiger partial charge in [0.1, 0.15) is 17.2 Å². The molecule has 2 aromatic carbocycles.